The average molecular weight is 1820 g/mol. The van der Waals surface area contributed by atoms with Crippen LogP contribution in [0.25, 0.3) is 68.8 Å². The summed E-state index contributed by atoms with van der Waals surface area (Å²) in [6.07, 6.45) is 5.70. The Morgan fingerprint density at radius 1 is 0.344 bits per heavy atom. The van der Waals surface area contributed by atoms with Gasteiger partial charge in [-0.2, -0.15) is 0 Å². The van der Waals surface area contributed by atoms with E-state index in [1.54, 1.807) is 99.2 Å². The van der Waals surface area contributed by atoms with Crippen molar-refractivity contribution in [2.45, 2.75) is 312 Å². The zero-order valence-corrected chi connectivity index (χ0v) is 80.4. The normalized spacial score (nSPS) is 13.8. The van der Waals surface area contributed by atoms with Crippen LogP contribution in [0.15, 0.2) is 115 Å². The predicted molar refractivity (Wildman–Crippen MR) is 512 cm³/mol. The van der Waals surface area contributed by atoms with Gasteiger partial charge in [0.2, 0.25) is 0 Å². The Balaban J connectivity index is 0.000000309. The van der Waals surface area contributed by atoms with E-state index in [9.17, 15) is 72.8 Å². The minimum atomic E-state index is -1.16. The summed E-state index contributed by atoms with van der Waals surface area (Å²) in [5.74, 6) is -3.62. The molecule has 0 aliphatic rings. The van der Waals surface area contributed by atoms with Crippen molar-refractivity contribution < 1.29 is 102 Å². The highest BCUT2D eigenvalue weighted by Gasteiger charge is 2.30. The van der Waals surface area contributed by atoms with Gasteiger partial charge < -0.3 is 70.4 Å². The molecule has 25 heteroatoms. The van der Waals surface area contributed by atoms with Crippen molar-refractivity contribution in [1.82, 2.24) is 19.9 Å². The fourth-order valence-corrected chi connectivity index (χ4v) is 15.7. The number of halogens is 4. The molecule has 0 bridgehead atoms. The molecule has 21 nitrogen and oxygen atoms in total. The predicted octanol–water partition coefficient (Wildman–Crippen LogP) is 21.6. The first kappa shape index (κ1) is 112. The number of hydrogen-bond acceptors (Lipinski definition) is 18. The number of aryl methyl sites for hydroxylation is 1. The molecule has 0 radical (unpaired) electrons. The van der Waals surface area contributed by atoms with Gasteiger partial charge in [-0.15, -0.1) is 0 Å². The van der Waals surface area contributed by atoms with Crippen LogP contribution in [0.5, 0.6) is 0 Å². The molecule has 0 saturated heterocycles. The zero-order valence-electron chi connectivity index (χ0n) is 80.4. The van der Waals surface area contributed by atoms with Gasteiger partial charge in [0.15, 0.2) is 0 Å². The lowest BCUT2D eigenvalue weighted by Gasteiger charge is -2.24. The Morgan fingerprint density at radius 2 is 0.595 bits per heavy atom. The number of aromatic nitrogens is 4. The molecule has 4 aromatic heterocycles. The summed E-state index contributed by atoms with van der Waals surface area (Å²) >= 11 is 0. The molecule has 4 aromatic carbocycles. The Bertz CT molecular complexity index is 5100. The first-order valence-electron chi connectivity index (χ1n) is 45.4. The molecule has 0 fully saturated rings. The molecule has 131 heavy (non-hydrogen) atoms. The van der Waals surface area contributed by atoms with E-state index >= 15 is 0 Å². The Kier molecular flexibility index (Phi) is 46.3. The summed E-state index contributed by atoms with van der Waals surface area (Å²) in [6, 6.07) is 23.7. The van der Waals surface area contributed by atoms with Crippen LogP contribution in [-0.2, 0) is 54.8 Å². The molecular formula is C106H142F4N4O17. The zero-order chi connectivity index (χ0) is 98.1. The molecule has 8 atom stereocenters. The second-order valence-corrected chi connectivity index (χ2v) is 35.6. The van der Waals surface area contributed by atoms with Gasteiger partial charge in [0.25, 0.3) is 0 Å². The first-order valence-corrected chi connectivity index (χ1v) is 45.4. The van der Waals surface area contributed by atoms with Crippen LogP contribution >= 0.6 is 0 Å². The van der Waals surface area contributed by atoms with Crippen molar-refractivity contribution in [2.75, 3.05) is 20.8 Å². The minimum absolute atomic E-state index is 0.0583. The van der Waals surface area contributed by atoms with E-state index in [0.717, 1.165) is 147 Å². The van der Waals surface area contributed by atoms with Crippen molar-refractivity contribution in [3.63, 3.8) is 0 Å². The number of carboxylic acid groups (broad SMARTS) is 3. The molecule has 11 N–H and O–H groups in total. The number of pyridine rings is 4. The SMILES string of the molecule is CCOCc1c(C(C)C)nc(C(C)C)c(/C=C/[C@@H](O)C[C@@H](O)CC(=O)O)c1-c1ccc(F)cc1.CC[C@H](O)C[C@H](O)/C=C/c1c(C(C)C)nc(C(C)C)c(COC)c1-c1ccc(F)cc1.CCc1c(C(C)C)nc(C(C)C)c(/C=C/[C@@H](O)C[C@@H](O)CC(=O)O)c1-c1ccc(F)cc1.COCc1c(C(C)C)nc(C(C)C)c(/C=C/[C@@H](O)C[C@@H](O)CC(=O)O)c1-c1ccc(F)cc1C. The van der Waals surface area contributed by atoms with E-state index in [2.05, 4.69) is 90.0 Å². The van der Waals surface area contributed by atoms with Crippen molar-refractivity contribution in [1.29, 1.82) is 0 Å². The number of benzene rings is 4. The van der Waals surface area contributed by atoms with Gasteiger partial charge in [-0.3, -0.25) is 34.3 Å². The summed E-state index contributed by atoms with van der Waals surface area (Å²) in [4.78, 5) is 52.4. The molecule has 716 valence electrons. The van der Waals surface area contributed by atoms with Crippen LogP contribution in [-0.4, -0.2) is 164 Å². The van der Waals surface area contributed by atoms with E-state index in [1.165, 1.54) is 48.5 Å². The lowest BCUT2D eigenvalue weighted by Crippen LogP contribution is -2.19. The molecule has 0 amide bonds. The van der Waals surface area contributed by atoms with Gasteiger partial charge in [0.1, 0.15) is 23.3 Å². The number of carbonyl (C=O) groups is 3. The minimum Gasteiger partial charge on any atom is -0.481 e. The maximum Gasteiger partial charge on any atom is 0.305 e. The van der Waals surface area contributed by atoms with Crippen molar-refractivity contribution >= 4 is 42.2 Å². The Morgan fingerprint density at radius 3 is 0.847 bits per heavy atom. The number of aliphatic hydroxyl groups is 8. The molecule has 4 heterocycles. The summed E-state index contributed by atoms with van der Waals surface area (Å²) in [7, 11) is 3.27. The maximum atomic E-state index is 13.9. The Hall–Kier alpha value is -9.87. The number of aliphatic hydroxyl groups excluding tert-OH is 8. The van der Waals surface area contributed by atoms with Gasteiger partial charge >= 0.3 is 17.9 Å². The van der Waals surface area contributed by atoms with Crippen LogP contribution in [0.4, 0.5) is 17.6 Å². The average Bonchev–Trinajstić information content (AvgIpc) is 0.783. The second-order valence-electron chi connectivity index (χ2n) is 35.6. The molecule has 8 rings (SSSR count). The molecular weight excluding hydrogens is 1680 g/mol. The van der Waals surface area contributed by atoms with Crippen molar-refractivity contribution in [3.8, 4) is 44.5 Å². The van der Waals surface area contributed by atoms with Crippen LogP contribution in [0.2, 0.25) is 0 Å². The number of methoxy groups -OCH3 is 2. The fraction of sp³-hybridized carbons (Fsp3) is 0.481. The van der Waals surface area contributed by atoms with Gasteiger partial charge in [-0.1, -0.05) is 216 Å². The molecule has 0 aliphatic carbocycles. The number of carboxylic acids is 3. The van der Waals surface area contributed by atoms with Crippen LogP contribution in [0.1, 0.15) is 326 Å². The van der Waals surface area contributed by atoms with E-state index in [4.69, 9.17) is 49.5 Å². The number of ether oxygens (including phenoxy) is 3. The smallest absolute Gasteiger partial charge is 0.305 e. The lowest BCUT2D eigenvalue weighted by atomic mass is 9.85. The highest BCUT2D eigenvalue weighted by Crippen LogP contribution is 2.44. The van der Waals surface area contributed by atoms with E-state index in [0.29, 0.717) is 32.8 Å². The highest BCUT2D eigenvalue weighted by atomic mass is 19.1. The van der Waals surface area contributed by atoms with Crippen LogP contribution in [0.3, 0.4) is 0 Å². The third kappa shape index (κ3) is 33.7. The largest absolute Gasteiger partial charge is 0.481 e. The molecule has 0 spiro atoms. The quantitative estimate of drug-likeness (QED) is 0.0158. The maximum absolute atomic E-state index is 13.9. The van der Waals surface area contributed by atoms with Gasteiger partial charge in [0, 0.05) is 108 Å². The number of hydrogen-bond donors (Lipinski definition) is 11. The topological polar surface area (TPSA) is 353 Å². The number of rotatable bonds is 43. The Labute approximate surface area is 772 Å². The highest BCUT2D eigenvalue weighted by molar-refractivity contribution is 5.85. The fourth-order valence-electron chi connectivity index (χ4n) is 15.7. The summed E-state index contributed by atoms with van der Waals surface area (Å²) < 4.78 is 71.9. The van der Waals surface area contributed by atoms with Crippen LogP contribution in [0, 0.1) is 30.2 Å². The third-order valence-electron chi connectivity index (χ3n) is 21.9. The summed E-state index contributed by atoms with van der Waals surface area (Å²) in [6.45, 7) is 42.4. The van der Waals surface area contributed by atoms with E-state index < -0.39 is 86.0 Å². The lowest BCUT2D eigenvalue weighted by molar-refractivity contribution is -0.140. The second kappa shape index (κ2) is 54.3. The molecule has 0 aliphatic heterocycles. The summed E-state index contributed by atoms with van der Waals surface area (Å²) in [5.41, 5.74) is 22.2. The van der Waals surface area contributed by atoms with Crippen molar-refractivity contribution in [3.05, 3.63) is 234 Å². The van der Waals surface area contributed by atoms with Crippen LogP contribution < -0.4 is 0 Å². The summed E-state index contributed by atoms with van der Waals surface area (Å²) in [5, 5.41) is 108. The van der Waals surface area contributed by atoms with Gasteiger partial charge in [-0.05, 0) is 178 Å². The molecule has 0 saturated carbocycles. The monoisotopic (exact) mass is 1820 g/mol. The first-order chi connectivity index (χ1) is 61.7. The number of nitrogens with zero attached hydrogens (tertiary/aromatic N) is 4. The van der Waals surface area contributed by atoms with E-state index in [-0.39, 0.29) is 96.3 Å². The van der Waals surface area contributed by atoms with Gasteiger partial charge in [0.05, 0.1) is 111 Å². The molecule has 0 unspecified atom stereocenters. The standard InChI is InChI=1S/2C27H36FNO5.C26H34FNO4.C26H36FNO3/c1-15(2)26-22(10-8-19(30)12-20(31)13-24(32)33)25(21-9-7-18(28)11-17(21)5)23(14-34-6)27(29-26)16(3)4;1-6-34-15-23-25(18-7-9-19(28)10-8-18)22(26(16(2)3)29-27(23)17(4)5)12-11-20(30)13-21(31)14-24(32)33;1-6-21-24(17-7-9-18(27)10-8-17)22(26(16(4)5)28-25(21)15(2)3)12-11-19(29)13-20(30)14-23(31)32;1-7-20(29)14-21(30)12-13-22-24(18-8-10-19(27)11-9-18)23(15-31-6)26(17(4)5)28-25(22)16(2)3/h7-11,15-16,19-20,30-31H,12-14H2,1-6H3,(H,32,33);7-12,16-17,20-21,30-31H,6,13-15H2,1-5H3,(H,32,33);7-12,15-16,19-20,29-30H,6,13-14H2,1-5H3,(H,31,32);8-13,16-17,20-21,29-30H,7,14-15H2,1-6H3/b10-8+;2*12-11+;13-12+/t19-,20-;20-,21-;19-,20-;20-,21+/m1110/s1. The molecule has 8 aromatic rings. The van der Waals surface area contributed by atoms with Gasteiger partial charge in [-0.25, -0.2) is 17.6 Å². The van der Waals surface area contributed by atoms with E-state index in [1.807, 2.05) is 54.5 Å². The third-order valence-corrected chi connectivity index (χ3v) is 21.9. The van der Waals surface area contributed by atoms with Crippen molar-refractivity contribution in [2.24, 2.45) is 0 Å². The number of aliphatic carboxylic acids is 3.